The number of nitrogens with zero attached hydrogens (tertiary/aromatic N) is 1. The van der Waals surface area contributed by atoms with E-state index in [1.54, 1.807) is 20.8 Å². The van der Waals surface area contributed by atoms with Gasteiger partial charge < -0.3 is 10.2 Å². The molecule has 1 aliphatic heterocycles. The second kappa shape index (κ2) is 4.51. The fraction of sp³-hybridized carbons (Fsp3) is 0.818. The number of hydrogen-bond donors (Lipinski definition) is 2. The van der Waals surface area contributed by atoms with Crippen LogP contribution < -0.4 is 0 Å². The van der Waals surface area contributed by atoms with E-state index >= 15 is 0 Å². The number of rotatable bonds is 4. The summed E-state index contributed by atoms with van der Waals surface area (Å²) >= 11 is 0. The Kier molecular flexibility index (Phi) is 3.70. The Bertz CT molecular complexity index is 270. The number of carbonyl (C=O) groups is 2. The van der Waals surface area contributed by atoms with Crippen molar-refractivity contribution in [3.05, 3.63) is 0 Å². The van der Waals surface area contributed by atoms with E-state index < -0.39 is 18.8 Å². The third kappa shape index (κ3) is 1.64. The molecule has 1 heterocycles. The number of hydrogen-bond acceptors (Lipinski definition) is 4. The molecule has 1 fully saturated rings. The van der Waals surface area contributed by atoms with Gasteiger partial charge in [-0.1, -0.05) is 20.8 Å². The number of carbonyl (C=O) groups excluding carboxylic acids is 2. The molecule has 0 aromatic heterocycles. The molecule has 0 saturated carbocycles. The van der Waals surface area contributed by atoms with Crippen LogP contribution in [0.25, 0.3) is 0 Å². The fourth-order valence-corrected chi connectivity index (χ4v) is 1.98. The first-order chi connectivity index (χ1) is 7.45. The van der Waals surface area contributed by atoms with Crippen molar-refractivity contribution in [1.82, 2.24) is 4.90 Å². The van der Waals surface area contributed by atoms with E-state index in [4.69, 9.17) is 0 Å². The Morgan fingerprint density at radius 1 is 1.12 bits per heavy atom. The van der Waals surface area contributed by atoms with Gasteiger partial charge in [0.2, 0.25) is 11.8 Å². The van der Waals surface area contributed by atoms with Crippen LogP contribution in [0.2, 0.25) is 0 Å². The first kappa shape index (κ1) is 13.1. The third-order valence-corrected chi connectivity index (χ3v) is 3.69. The van der Waals surface area contributed by atoms with Crippen molar-refractivity contribution in [1.29, 1.82) is 0 Å². The molecule has 0 spiro atoms. The molecule has 92 valence electrons. The van der Waals surface area contributed by atoms with Gasteiger partial charge >= 0.3 is 0 Å². The second-order valence-corrected chi connectivity index (χ2v) is 4.48. The van der Waals surface area contributed by atoms with Crippen LogP contribution in [-0.2, 0) is 9.59 Å². The van der Waals surface area contributed by atoms with Gasteiger partial charge in [0, 0.05) is 11.8 Å². The van der Waals surface area contributed by atoms with Gasteiger partial charge in [0.25, 0.3) is 0 Å². The lowest BCUT2D eigenvalue weighted by Crippen LogP contribution is -2.57. The zero-order valence-electron chi connectivity index (χ0n) is 9.93. The molecule has 1 rings (SSSR count). The van der Waals surface area contributed by atoms with E-state index in [9.17, 15) is 19.8 Å². The van der Waals surface area contributed by atoms with Gasteiger partial charge in [-0.15, -0.1) is 0 Å². The summed E-state index contributed by atoms with van der Waals surface area (Å²) < 4.78 is 0. The Morgan fingerprint density at radius 3 is 1.75 bits per heavy atom. The highest BCUT2D eigenvalue weighted by Crippen LogP contribution is 2.33. The van der Waals surface area contributed by atoms with E-state index in [2.05, 4.69) is 0 Å². The van der Waals surface area contributed by atoms with E-state index in [-0.39, 0.29) is 23.7 Å². The minimum Gasteiger partial charge on any atom is -0.394 e. The molecule has 2 atom stereocenters. The Labute approximate surface area is 95.1 Å². The summed E-state index contributed by atoms with van der Waals surface area (Å²) in [5.41, 5.74) is -1.15. The average molecular weight is 229 g/mol. The molecule has 0 aromatic carbocycles. The van der Waals surface area contributed by atoms with Crippen molar-refractivity contribution in [2.24, 2.45) is 11.8 Å². The highest BCUT2D eigenvalue weighted by molar-refractivity contribution is 6.05. The summed E-state index contributed by atoms with van der Waals surface area (Å²) in [7, 11) is 0. The van der Waals surface area contributed by atoms with Gasteiger partial charge in [0.1, 0.15) is 0 Å². The van der Waals surface area contributed by atoms with Crippen LogP contribution in [-0.4, -0.2) is 45.7 Å². The van der Waals surface area contributed by atoms with E-state index in [1.807, 2.05) is 0 Å². The zero-order valence-corrected chi connectivity index (χ0v) is 9.93. The topological polar surface area (TPSA) is 77.8 Å². The predicted molar refractivity (Wildman–Crippen MR) is 57.4 cm³/mol. The van der Waals surface area contributed by atoms with Gasteiger partial charge in [-0.3, -0.25) is 14.5 Å². The molecular weight excluding hydrogens is 210 g/mol. The molecule has 5 nitrogen and oxygen atoms in total. The van der Waals surface area contributed by atoms with Crippen LogP contribution in [0.5, 0.6) is 0 Å². The lowest BCUT2D eigenvalue weighted by molar-refractivity contribution is -0.152. The minimum atomic E-state index is -1.15. The molecule has 2 amide bonds. The van der Waals surface area contributed by atoms with Crippen molar-refractivity contribution in [3.63, 3.8) is 0 Å². The summed E-state index contributed by atoms with van der Waals surface area (Å²) in [5.74, 6) is -1.36. The Morgan fingerprint density at radius 2 is 1.50 bits per heavy atom. The van der Waals surface area contributed by atoms with E-state index in [0.717, 1.165) is 4.90 Å². The van der Waals surface area contributed by atoms with Crippen molar-refractivity contribution in [2.45, 2.75) is 32.7 Å². The number of amides is 2. The maximum Gasteiger partial charge on any atom is 0.233 e. The molecule has 0 bridgehead atoms. The lowest BCUT2D eigenvalue weighted by Gasteiger charge is -2.37. The Balaban J connectivity index is 3.12. The summed E-state index contributed by atoms with van der Waals surface area (Å²) in [6, 6.07) is 0. The SMILES string of the molecule is CCC(CO)(CO)N1C(=O)C(C)C(C)C1=O. The molecule has 0 radical (unpaired) electrons. The standard InChI is InChI=1S/C11H19NO4/c1-4-11(5-13,6-14)12-9(15)7(2)8(3)10(12)16/h7-8,13-14H,4-6H2,1-3H3. The zero-order chi connectivity index (χ0) is 12.5. The van der Waals surface area contributed by atoms with Gasteiger partial charge in [-0.2, -0.15) is 0 Å². The maximum atomic E-state index is 11.9. The van der Waals surface area contributed by atoms with Crippen LogP contribution in [0.4, 0.5) is 0 Å². The van der Waals surface area contributed by atoms with Gasteiger partial charge in [-0.25, -0.2) is 0 Å². The van der Waals surface area contributed by atoms with Crippen LogP contribution in [0.3, 0.4) is 0 Å². The van der Waals surface area contributed by atoms with Gasteiger partial charge in [0.05, 0.1) is 18.8 Å². The number of imide groups is 1. The summed E-state index contributed by atoms with van der Waals surface area (Å²) in [6.45, 7) is 4.31. The highest BCUT2D eigenvalue weighted by Gasteiger charge is 2.51. The second-order valence-electron chi connectivity index (χ2n) is 4.48. The van der Waals surface area contributed by atoms with Crippen molar-refractivity contribution < 1.29 is 19.8 Å². The molecule has 5 heteroatoms. The first-order valence-electron chi connectivity index (χ1n) is 5.54. The van der Waals surface area contributed by atoms with Crippen LogP contribution in [0, 0.1) is 11.8 Å². The minimum absolute atomic E-state index is 0.303. The molecular formula is C11H19NO4. The van der Waals surface area contributed by atoms with E-state index in [1.165, 1.54) is 0 Å². The lowest BCUT2D eigenvalue weighted by atomic mass is 9.96. The summed E-state index contributed by atoms with van der Waals surface area (Å²) in [6.07, 6.45) is 0.344. The number of aliphatic hydroxyl groups excluding tert-OH is 2. The number of likely N-dealkylation sites (tertiary alicyclic amines) is 1. The van der Waals surface area contributed by atoms with Crippen LogP contribution in [0.1, 0.15) is 27.2 Å². The molecule has 16 heavy (non-hydrogen) atoms. The molecule has 2 N–H and O–H groups in total. The Hall–Kier alpha value is -0.940. The fourth-order valence-electron chi connectivity index (χ4n) is 1.98. The van der Waals surface area contributed by atoms with Crippen LogP contribution in [0.15, 0.2) is 0 Å². The number of aliphatic hydroxyl groups is 2. The molecule has 1 aliphatic rings. The summed E-state index contributed by atoms with van der Waals surface area (Å²) in [4.78, 5) is 24.9. The first-order valence-corrected chi connectivity index (χ1v) is 5.54. The van der Waals surface area contributed by atoms with E-state index in [0.29, 0.717) is 6.42 Å². The third-order valence-electron chi connectivity index (χ3n) is 3.69. The highest BCUT2D eigenvalue weighted by atomic mass is 16.3. The normalized spacial score (nSPS) is 26.7. The average Bonchev–Trinajstić information content (AvgIpc) is 2.49. The monoisotopic (exact) mass is 229 g/mol. The largest absolute Gasteiger partial charge is 0.394 e. The van der Waals surface area contributed by atoms with Crippen molar-refractivity contribution in [3.8, 4) is 0 Å². The quantitative estimate of drug-likeness (QED) is 0.652. The summed E-state index contributed by atoms with van der Waals surface area (Å²) in [5, 5.41) is 18.7. The molecule has 0 aliphatic carbocycles. The molecule has 1 saturated heterocycles. The van der Waals surface area contributed by atoms with Crippen LogP contribution >= 0.6 is 0 Å². The van der Waals surface area contributed by atoms with Crippen molar-refractivity contribution in [2.75, 3.05) is 13.2 Å². The predicted octanol–water partition coefficient (Wildman–Crippen LogP) is -0.239. The molecule has 2 unspecified atom stereocenters. The van der Waals surface area contributed by atoms with Gasteiger partial charge in [0.15, 0.2) is 0 Å². The molecule has 0 aromatic rings. The smallest absolute Gasteiger partial charge is 0.233 e. The van der Waals surface area contributed by atoms with Crippen molar-refractivity contribution >= 4 is 11.8 Å². The maximum absolute atomic E-state index is 11.9. The van der Waals surface area contributed by atoms with Gasteiger partial charge in [-0.05, 0) is 6.42 Å².